The molecular weight excluding hydrogens is 210 g/mol. The van der Waals surface area contributed by atoms with Crippen molar-refractivity contribution in [1.82, 2.24) is 5.32 Å². The zero-order valence-corrected chi connectivity index (χ0v) is 10.5. The maximum absolute atomic E-state index is 5.17. The molecule has 0 aliphatic heterocycles. The van der Waals surface area contributed by atoms with Crippen LogP contribution in [0.3, 0.4) is 0 Å². The van der Waals surface area contributed by atoms with E-state index in [-0.39, 0.29) is 0 Å². The zero-order chi connectivity index (χ0) is 12.1. The number of benzene rings is 1. The Bertz CT molecular complexity index is 352. The minimum absolute atomic E-state index is 0.696. The van der Waals surface area contributed by atoms with Crippen LogP contribution in [0.2, 0.25) is 0 Å². The number of ether oxygens (including phenoxy) is 1. The highest BCUT2D eigenvalue weighted by molar-refractivity contribution is 5.30. The Morgan fingerprint density at radius 1 is 1.35 bits per heavy atom. The number of rotatable bonds is 6. The maximum atomic E-state index is 5.17. The molecule has 0 unspecified atom stereocenters. The van der Waals surface area contributed by atoms with E-state index in [9.17, 15) is 0 Å². The average molecular weight is 231 g/mol. The molecule has 0 aromatic heterocycles. The first-order valence-electron chi connectivity index (χ1n) is 6.31. The van der Waals surface area contributed by atoms with Gasteiger partial charge in [0.1, 0.15) is 5.75 Å². The van der Waals surface area contributed by atoms with Crippen LogP contribution in [0.4, 0.5) is 0 Å². The number of methoxy groups -OCH3 is 1. The SMILES string of the molecule is C=CCCNC1CC(c2ccc(OC)cc2)C1. The molecule has 1 saturated carbocycles. The van der Waals surface area contributed by atoms with Gasteiger partial charge in [0.2, 0.25) is 0 Å². The van der Waals surface area contributed by atoms with E-state index in [2.05, 4.69) is 24.0 Å². The van der Waals surface area contributed by atoms with E-state index in [1.165, 1.54) is 18.4 Å². The van der Waals surface area contributed by atoms with Crippen LogP contribution in [-0.4, -0.2) is 19.7 Å². The molecule has 1 N–H and O–H groups in total. The van der Waals surface area contributed by atoms with Gasteiger partial charge in [-0.2, -0.15) is 0 Å². The smallest absolute Gasteiger partial charge is 0.118 e. The molecule has 0 heterocycles. The van der Waals surface area contributed by atoms with Gasteiger partial charge in [0, 0.05) is 6.04 Å². The fraction of sp³-hybridized carbons (Fsp3) is 0.467. The van der Waals surface area contributed by atoms with E-state index >= 15 is 0 Å². The average Bonchev–Trinajstić information content (AvgIpc) is 2.32. The Kier molecular flexibility index (Phi) is 4.21. The van der Waals surface area contributed by atoms with E-state index in [0.717, 1.165) is 24.6 Å². The first-order valence-corrected chi connectivity index (χ1v) is 6.31. The van der Waals surface area contributed by atoms with Crippen molar-refractivity contribution in [2.24, 2.45) is 0 Å². The van der Waals surface area contributed by atoms with E-state index in [1.54, 1.807) is 7.11 Å². The summed E-state index contributed by atoms with van der Waals surface area (Å²) in [5, 5.41) is 3.55. The summed E-state index contributed by atoms with van der Waals surface area (Å²) in [6.07, 6.45) is 5.53. The van der Waals surface area contributed by atoms with Crippen molar-refractivity contribution in [2.45, 2.75) is 31.2 Å². The Hall–Kier alpha value is -1.28. The summed E-state index contributed by atoms with van der Waals surface area (Å²) in [5.41, 5.74) is 1.44. The normalized spacial score (nSPS) is 22.9. The van der Waals surface area contributed by atoms with Crippen molar-refractivity contribution in [3.8, 4) is 5.75 Å². The third kappa shape index (κ3) is 3.10. The van der Waals surface area contributed by atoms with Crippen molar-refractivity contribution >= 4 is 0 Å². The molecule has 0 bridgehead atoms. The summed E-state index contributed by atoms with van der Waals surface area (Å²) < 4.78 is 5.17. The predicted octanol–water partition coefficient (Wildman–Crippen LogP) is 3.11. The highest BCUT2D eigenvalue weighted by Gasteiger charge is 2.29. The molecule has 1 aliphatic carbocycles. The van der Waals surface area contributed by atoms with Gasteiger partial charge in [0.25, 0.3) is 0 Å². The van der Waals surface area contributed by atoms with Crippen LogP contribution in [-0.2, 0) is 0 Å². The lowest BCUT2D eigenvalue weighted by molar-refractivity contribution is 0.293. The molecule has 17 heavy (non-hydrogen) atoms. The quantitative estimate of drug-likeness (QED) is 0.600. The minimum Gasteiger partial charge on any atom is -0.497 e. The highest BCUT2D eigenvalue weighted by atomic mass is 16.5. The molecule has 2 rings (SSSR count). The van der Waals surface area contributed by atoms with Crippen molar-refractivity contribution in [2.75, 3.05) is 13.7 Å². The summed E-state index contributed by atoms with van der Waals surface area (Å²) in [6, 6.07) is 9.16. The summed E-state index contributed by atoms with van der Waals surface area (Å²) in [4.78, 5) is 0. The standard InChI is InChI=1S/C15H21NO/c1-3-4-9-16-14-10-13(11-14)12-5-7-15(17-2)8-6-12/h3,5-8,13-14,16H,1,4,9-11H2,2H3. The van der Waals surface area contributed by atoms with Crippen LogP contribution >= 0.6 is 0 Å². The molecule has 2 heteroatoms. The Labute approximate surface area is 104 Å². The van der Waals surface area contributed by atoms with Crippen LogP contribution in [0, 0.1) is 0 Å². The molecule has 92 valence electrons. The van der Waals surface area contributed by atoms with Crippen molar-refractivity contribution in [1.29, 1.82) is 0 Å². The second kappa shape index (κ2) is 5.87. The lowest BCUT2D eigenvalue weighted by Crippen LogP contribution is -2.40. The number of hydrogen-bond acceptors (Lipinski definition) is 2. The van der Waals surface area contributed by atoms with Crippen LogP contribution in [0.5, 0.6) is 5.75 Å². The molecule has 0 saturated heterocycles. The van der Waals surface area contributed by atoms with Gasteiger partial charge in [-0.3, -0.25) is 0 Å². The van der Waals surface area contributed by atoms with Gasteiger partial charge in [-0.15, -0.1) is 6.58 Å². The molecule has 0 spiro atoms. The summed E-state index contributed by atoms with van der Waals surface area (Å²) in [7, 11) is 1.71. The van der Waals surface area contributed by atoms with Crippen LogP contribution < -0.4 is 10.1 Å². The van der Waals surface area contributed by atoms with E-state index in [4.69, 9.17) is 4.74 Å². The van der Waals surface area contributed by atoms with Gasteiger partial charge in [-0.05, 0) is 49.4 Å². The molecule has 1 aliphatic rings. The zero-order valence-electron chi connectivity index (χ0n) is 10.5. The van der Waals surface area contributed by atoms with Gasteiger partial charge in [-0.25, -0.2) is 0 Å². The molecule has 1 aromatic rings. The third-order valence-electron chi connectivity index (χ3n) is 3.51. The molecular formula is C15H21NO. The molecule has 0 radical (unpaired) electrons. The van der Waals surface area contributed by atoms with Gasteiger partial charge in [-0.1, -0.05) is 18.2 Å². The number of hydrogen-bond donors (Lipinski definition) is 1. The topological polar surface area (TPSA) is 21.3 Å². The van der Waals surface area contributed by atoms with E-state index in [1.807, 2.05) is 18.2 Å². The first kappa shape index (κ1) is 12.2. The highest BCUT2D eigenvalue weighted by Crippen LogP contribution is 2.37. The summed E-state index contributed by atoms with van der Waals surface area (Å²) in [5.74, 6) is 1.66. The Balaban J connectivity index is 1.76. The second-order valence-corrected chi connectivity index (χ2v) is 4.67. The van der Waals surface area contributed by atoms with Gasteiger partial charge in [0.15, 0.2) is 0 Å². The molecule has 1 fully saturated rings. The lowest BCUT2D eigenvalue weighted by atomic mass is 9.76. The molecule has 0 amide bonds. The first-order chi connectivity index (χ1) is 8.33. The largest absolute Gasteiger partial charge is 0.497 e. The number of nitrogens with one attached hydrogen (secondary N) is 1. The van der Waals surface area contributed by atoms with Crippen molar-refractivity contribution in [3.63, 3.8) is 0 Å². The summed E-state index contributed by atoms with van der Waals surface area (Å²) in [6.45, 7) is 4.79. The lowest BCUT2D eigenvalue weighted by Gasteiger charge is -2.36. The van der Waals surface area contributed by atoms with Crippen molar-refractivity contribution in [3.05, 3.63) is 42.5 Å². The van der Waals surface area contributed by atoms with Gasteiger partial charge >= 0.3 is 0 Å². The van der Waals surface area contributed by atoms with Crippen LogP contribution in [0.25, 0.3) is 0 Å². The fourth-order valence-corrected chi connectivity index (χ4v) is 2.32. The maximum Gasteiger partial charge on any atom is 0.118 e. The molecule has 2 nitrogen and oxygen atoms in total. The minimum atomic E-state index is 0.696. The second-order valence-electron chi connectivity index (χ2n) is 4.67. The van der Waals surface area contributed by atoms with Gasteiger partial charge in [0.05, 0.1) is 7.11 Å². The van der Waals surface area contributed by atoms with Crippen LogP contribution in [0.15, 0.2) is 36.9 Å². The molecule has 0 atom stereocenters. The summed E-state index contributed by atoms with van der Waals surface area (Å²) >= 11 is 0. The van der Waals surface area contributed by atoms with Crippen LogP contribution in [0.1, 0.15) is 30.7 Å². The molecule has 1 aromatic carbocycles. The Morgan fingerprint density at radius 3 is 2.65 bits per heavy atom. The monoisotopic (exact) mass is 231 g/mol. The van der Waals surface area contributed by atoms with E-state index < -0.39 is 0 Å². The van der Waals surface area contributed by atoms with Crippen molar-refractivity contribution < 1.29 is 4.74 Å². The predicted molar refractivity (Wildman–Crippen MR) is 71.6 cm³/mol. The van der Waals surface area contributed by atoms with E-state index in [0.29, 0.717) is 6.04 Å². The fourth-order valence-electron chi connectivity index (χ4n) is 2.32. The Morgan fingerprint density at radius 2 is 2.06 bits per heavy atom. The third-order valence-corrected chi connectivity index (χ3v) is 3.51. The van der Waals surface area contributed by atoms with Gasteiger partial charge < -0.3 is 10.1 Å².